The molecule has 2 atom stereocenters. The van der Waals surface area contributed by atoms with Crippen LogP contribution in [-0.4, -0.2) is 9.39 Å². The van der Waals surface area contributed by atoms with Crippen LogP contribution in [0.2, 0.25) is 5.02 Å². The van der Waals surface area contributed by atoms with E-state index in [-0.39, 0.29) is 17.7 Å². The van der Waals surface area contributed by atoms with E-state index in [2.05, 4.69) is 0 Å². The fourth-order valence-electron chi connectivity index (χ4n) is 1.38. The number of nitro groups is 1. The van der Waals surface area contributed by atoms with Gasteiger partial charge in [-0.3, -0.25) is 15.0 Å². The molecule has 2 aliphatic heterocycles. The minimum Gasteiger partial charge on any atom is -0.400 e. The van der Waals surface area contributed by atoms with Gasteiger partial charge < -0.3 is 4.18 Å². The Balaban J connectivity index is 2.20. The Hall–Kier alpha value is -1.02. The molecule has 8 heteroatoms. The number of hydrogen-bond acceptors (Lipinski definition) is 6. The summed E-state index contributed by atoms with van der Waals surface area (Å²) in [5.74, 6) is 0.216. The standard InChI is InChI=1S/C7H3ClN2O4S/c8-3-1-4-6(5(2-3)9(11)12)14-15-10-7(4)13-10/h1-2,7H. The Kier molecular flexibility index (Phi) is 1.84. The summed E-state index contributed by atoms with van der Waals surface area (Å²) in [6, 6.07) is 2.87. The maximum Gasteiger partial charge on any atom is 0.314 e. The number of benzene rings is 1. The van der Waals surface area contributed by atoms with Crippen molar-refractivity contribution in [2.45, 2.75) is 6.23 Å². The first kappa shape index (κ1) is 9.22. The van der Waals surface area contributed by atoms with Crippen molar-refractivity contribution in [2.24, 2.45) is 0 Å². The Bertz CT molecular complexity index is 469. The van der Waals surface area contributed by atoms with Gasteiger partial charge in [-0.2, -0.15) is 0 Å². The Labute approximate surface area is 93.1 Å². The lowest BCUT2D eigenvalue weighted by molar-refractivity contribution is -0.385. The molecule has 15 heavy (non-hydrogen) atoms. The minimum absolute atomic E-state index is 0.139. The summed E-state index contributed by atoms with van der Waals surface area (Å²) in [7, 11) is 0. The van der Waals surface area contributed by atoms with E-state index in [0.29, 0.717) is 10.6 Å². The van der Waals surface area contributed by atoms with E-state index in [4.69, 9.17) is 20.6 Å². The summed E-state index contributed by atoms with van der Waals surface area (Å²) >= 11 is 6.70. The van der Waals surface area contributed by atoms with Gasteiger partial charge in [-0.15, -0.1) is 0 Å². The van der Waals surface area contributed by atoms with Gasteiger partial charge in [0.05, 0.1) is 10.5 Å². The largest absolute Gasteiger partial charge is 0.400 e. The quantitative estimate of drug-likeness (QED) is 0.249. The molecule has 1 aromatic carbocycles. The first-order valence-electron chi connectivity index (χ1n) is 3.95. The summed E-state index contributed by atoms with van der Waals surface area (Å²) in [6.45, 7) is 0. The third-order valence-electron chi connectivity index (χ3n) is 2.07. The SMILES string of the molecule is O=[N+]([O-])c1cc(Cl)cc2c1OSN1OC21. The molecule has 3 rings (SSSR count). The summed E-state index contributed by atoms with van der Waals surface area (Å²) in [4.78, 5) is 15.3. The fraction of sp³-hybridized carbons (Fsp3) is 0.143. The van der Waals surface area contributed by atoms with Crippen molar-refractivity contribution in [3.63, 3.8) is 0 Å². The van der Waals surface area contributed by atoms with Gasteiger partial charge in [-0.05, 0) is 6.07 Å². The zero-order valence-electron chi connectivity index (χ0n) is 7.05. The van der Waals surface area contributed by atoms with Crippen LogP contribution in [0.5, 0.6) is 5.75 Å². The smallest absolute Gasteiger partial charge is 0.314 e. The summed E-state index contributed by atoms with van der Waals surface area (Å²) < 4.78 is 6.63. The molecule has 0 radical (unpaired) electrons. The first-order valence-corrected chi connectivity index (χ1v) is 5.03. The molecule has 6 nitrogen and oxygen atoms in total. The van der Waals surface area contributed by atoms with Crippen molar-refractivity contribution < 1.29 is 13.9 Å². The molecule has 1 aromatic rings. The number of nitro benzene ring substituents is 1. The molecule has 0 spiro atoms. The van der Waals surface area contributed by atoms with E-state index >= 15 is 0 Å². The molecule has 2 heterocycles. The molecule has 1 saturated heterocycles. The maximum atomic E-state index is 10.7. The van der Waals surface area contributed by atoms with Gasteiger partial charge in [0.1, 0.15) is 0 Å². The van der Waals surface area contributed by atoms with Crippen molar-refractivity contribution in [2.75, 3.05) is 0 Å². The van der Waals surface area contributed by atoms with Crippen LogP contribution in [-0.2, 0) is 4.84 Å². The second-order valence-corrected chi connectivity index (χ2v) is 4.11. The Morgan fingerprint density at radius 1 is 1.60 bits per heavy atom. The monoisotopic (exact) mass is 246 g/mol. The summed E-state index contributed by atoms with van der Waals surface area (Å²) in [6.07, 6.45) is -0.281. The minimum atomic E-state index is -0.524. The number of rotatable bonds is 1. The average Bonchev–Trinajstić information content (AvgIpc) is 2.95. The fourth-order valence-corrected chi connectivity index (χ4v) is 2.24. The predicted molar refractivity (Wildman–Crippen MR) is 52.0 cm³/mol. The van der Waals surface area contributed by atoms with Crippen LogP contribution in [0.15, 0.2) is 12.1 Å². The van der Waals surface area contributed by atoms with Gasteiger partial charge in [0.2, 0.25) is 5.75 Å². The Morgan fingerprint density at radius 2 is 2.40 bits per heavy atom. The van der Waals surface area contributed by atoms with Crippen molar-refractivity contribution in [3.05, 3.63) is 32.8 Å². The van der Waals surface area contributed by atoms with Crippen LogP contribution >= 0.6 is 23.8 Å². The second kappa shape index (κ2) is 2.99. The lowest BCUT2D eigenvalue weighted by Gasteiger charge is -2.11. The van der Waals surface area contributed by atoms with E-state index in [1.807, 2.05) is 0 Å². The highest BCUT2D eigenvalue weighted by Gasteiger charge is 2.48. The van der Waals surface area contributed by atoms with Crippen molar-refractivity contribution in [1.29, 1.82) is 0 Å². The lowest BCUT2D eigenvalue weighted by atomic mass is 10.1. The number of nitrogens with zero attached hydrogens (tertiary/aromatic N) is 2. The molecule has 0 saturated carbocycles. The van der Waals surface area contributed by atoms with Gasteiger partial charge in [0.15, 0.2) is 18.5 Å². The third-order valence-corrected chi connectivity index (χ3v) is 2.95. The van der Waals surface area contributed by atoms with Gasteiger partial charge in [-0.1, -0.05) is 16.1 Å². The van der Waals surface area contributed by atoms with Crippen LogP contribution in [0.3, 0.4) is 0 Å². The third kappa shape index (κ3) is 1.36. The normalized spacial score (nSPS) is 26.2. The number of fused-ring (bicyclic) bond motifs is 3. The summed E-state index contributed by atoms with van der Waals surface area (Å²) in [5, 5.41) is 11.0. The van der Waals surface area contributed by atoms with Crippen LogP contribution in [0.1, 0.15) is 11.8 Å². The average molecular weight is 247 g/mol. The van der Waals surface area contributed by atoms with Crippen LogP contribution < -0.4 is 4.18 Å². The van der Waals surface area contributed by atoms with E-state index in [1.54, 1.807) is 6.07 Å². The topological polar surface area (TPSA) is 67.9 Å². The maximum absolute atomic E-state index is 10.7. The highest BCUT2D eigenvalue weighted by molar-refractivity contribution is 7.92. The molecule has 78 valence electrons. The number of hydrogen-bond donors (Lipinski definition) is 0. The second-order valence-electron chi connectivity index (χ2n) is 3.00. The Morgan fingerprint density at radius 3 is 3.13 bits per heavy atom. The van der Waals surface area contributed by atoms with Crippen molar-refractivity contribution in [3.8, 4) is 5.75 Å². The molecule has 1 fully saturated rings. The van der Waals surface area contributed by atoms with E-state index in [0.717, 1.165) is 12.2 Å². The molecule has 0 N–H and O–H groups in total. The lowest BCUT2D eigenvalue weighted by Crippen LogP contribution is -2.04. The molecule has 0 aromatic heterocycles. The van der Waals surface area contributed by atoms with Crippen molar-refractivity contribution in [1.82, 2.24) is 4.47 Å². The molecular formula is C7H3ClN2O4S. The van der Waals surface area contributed by atoms with Gasteiger partial charge >= 0.3 is 5.69 Å². The van der Waals surface area contributed by atoms with E-state index < -0.39 is 4.92 Å². The van der Waals surface area contributed by atoms with Crippen LogP contribution in [0.4, 0.5) is 5.69 Å². The first-order chi connectivity index (χ1) is 7.16. The zero-order valence-corrected chi connectivity index (χ0v) is 8.62. The molecule has 2 unspecified atom stereocenters. The van der Waals surface area contributed by atoms with E-state index in [1.165, 1.54) is 10.5 Å². The van der Waals surface area contributed by atoms with Crippen LogP contribution in [0.25, 0.3) is 0 Å². The summed E-state index contributed by atoms with van der Waals surface area (Å²) in [5.41, 5.74) is 0.452. The number of halogens is 1. The van der Waals surface area contributed by atoms with Gasteiger partial charge in [0, 0.05) is 11.1 Å². The molecule has 0 amide bonds. The van der Waals surface area contributed by atoms with Crippen molar-refractivity contribution >= 4 is 29.5 Å². The predicted octanol–water partition coefficient (Wildman–Crippen LogP) is 2.45. The van der Waals surface area contributed by atoms with Crippen LogP contribution in [0, 0.1) is 10.1 Å². The molecular weight excluding hydrogens is 244 g/mol. The van der Waals surface area contributed by atoms with E-state index in [9.17, 15) is 10.1 Å². The highest BCUT2D eigenvalue weighted by atomic mass is 35.5. The number of hydroxylamine groups is 1. The van der Waals surface area contributed by atoms with Gasteiger partial charge in [-0.25, -0.2) is 0 Å². The highest BCUT2D eigenvalue weighted by Crippen LogP contribution is 2.55. The zero-order chi connectivity index (χ0) is 10.6. The van der Waals surface area contributed by atoms with Gasteiger partial charge in [0.25, 0.3) is 0 Å². The molecule has 0 aliphatic carbocycles. The molecule has 2 aliphatic rings. The molecule has 0 bridgehead atoms.